The van der Waals surface area contributed by atoms with E-state index in [4.69, 9.17) is 0 Å². The normalized spacial score (nSPS) is 23.8. The number of aliphatic hydroxyl groups is 1. The van der Waals surface area contributed by atoms with Gasteiger partial charge in [-0.3, -0.25) is 0 Å². The van der Waals surface area contributed by atoms with Crippen molar-refractivity contribution < 1.29 is 5.11 Å². The first-order valence-electron chi connectivity index (χ1n) is 7.86. The van der Waals surface area contributed by atoms with Crippen molar-refractivity contribution >= 4 is 0 Å². The van der Waals surface area contributed by atoms with E-state index in [1.807, 2.05) is 0 Å². The van der Waals surface area contributed by atoms with E-state index in [0.29, 0.717) is 0 Å². The first-order valence-corrected chi connectivity index (χ1v) is 7.86. The van der Waals surface area contributed by atoms with Crippen LogP contribution >= 0.6 is 0 Å². The van der Waals surface area contributed by atoms with Gasteiger partial charge in [-0.15, -0.1) is 0 Å². The Labute approximate surface area is 113 Å². The van der Waals surface area contributed by atoms with E-state index >= 15 is 0 Å². The Morgan fingerprint density at radius 3 is 2.72 bits per heavy atom. The van der Waals surface area contributed by atoms with Crippen molar-refractivity contribution in [1.29, 1.82) is 0 Å². The molecular weight excluding hydrogens is 224 g/mol. The molecule has 1 aliphatic heterocycles. The van der Waals surface area contributed by atoms with E-state index in [9.17, 15) is 5.11 Å². The third-order valence-electron chi connectivity index (χ3n) is 4.02. The molecule has 0 spiro atoms. The van der Waals surface area contributed by atoms with Crippen LogP contribution in [0.5, 0.6) is 0 Å². The monoisotopic (exact) mass is 256 g/mol. The van der Waals surface area contributed by atoms with Crippen LogP contribution in [-0.4, -0.2) is 48.8 Å². The molecule has 0 bridgehead atoms. The van der Waals surface area contributed by atoms with Crippen molar-refractivity contribution in [2.24, 2.45) is 5.92 Å². The Morgan fingerprint density at radius 1 is 1.22 bits per heavy atom. The summed E-state index contributed by atoms with van der Waals surface area (Å²) in [7, 11) is 0. The topological polar surface area (TPSA) is 35.5 Å². The summed E-state index contributed by atoms with van der Waals surface area (Å²) in [6.45, 7) is 9.17. The van der Waals surface area contributed by atoms with E-state index in [2.05, 4.69) is 24.1 Å². The molecule has 0 aliphatic carbocycles. The molecule has 1 rings (SSSR count). The van der Waals surface area contributed by atoms with Gasteiger partial charge in [-0.1, -0.05) is 26.7 Å². The second kappa shape index (κ2) is 9.76. The Bertz CT molecular complexity index is 199. The fraction of sp³-hybridized carbons (Fsp3) is 1.00. The van der Waals surface area contributed by atoms with E-state index in [1.165, 1.54) is 45.2 Å². The van der Waals surface area contributed by atoms with Gasteiger partial charge in [0.05, 0.1) is 6.61 Å². The molecule has 0 aromatic rings. The zero-order valence-electron chi connectivity index (χ0n) is 12.3. The standard InChI is InChI=1S/C15H32N2O/c1-3-6-14-7-5-10-17(11-8-14)12-15(13-18)16-9-4-2/h14-16,18H,3-13H2,1-2H3. The summed E-state index contributed by atoms with van der Waals surface area (Å²) in [6.07, 6.45) is 7.93. The van der Waals surface area contributed by atoms with Crippen molar-refractivity contribution in [2.75, 3.05) is 32.8 Å². The van der Waals surface area contributed by atoms with Gasteiger partial charge in [0.1, 0.15) is 0 Å². The van der Waals surface area contributed by atoms with Gasteiger partial charge < -0.3 is 15.3 Å². The molecule has 0 amide bonds. The molecule has 0 aromatic carbocycles. The molecule has 108 valence electrons. The van der Waals surface area contributed by atoms with E-state index < -0.39 is 0 Å². The van der Waals surface area contributed by atoms with Crippen molar-refractivity contribution in [3.05, 3.63) is 0 Å². The third kappa shape index (κ3) is 6.17. The van der Waals surface area contributed by atoms with Gasteiger partial charge in [0.15, 0.2) is 0 Å². The van der Waals surface area contributed by atoms with Crippen LogP contribution < -0.4 is 5.32 Å². The average molecular weight is 256 g/mol. The lowest BCUT2D eigenvalue weighted by atomic mass is 9.96. The molecule has 2 atom stereocenters. The van der Waals surface area contributed by atoms with Crippen molar-refractivity contribution in [3.8, 4) is 0 Å². The summed E-state index contributed by atoms with van der Waals surface area (Å²) in [5.41, 5.74) is 0. The third-order valence-corrected chi connectivity index (χ3v) is 4.02. The fourth-order valence-electron chi connectivity index (χ4n) is 2.95. The largest absolute Gasteiger partial charge is 0.395 e. The number of nitrogens with one attached hydrogen (secondary N) is 1. The van der Waals surface area contributed by atoms with Crippen LogP contribution in [0.3, 0.4) is 0 Å². The summed E-state index contributed by atoms with van der Waals surface area (Å²) in [4.78, 5) is 2.54. The molecule has 18 heavy (non-hydrogen) atoms. The van der Waals surface area contributed by atoms with Crippen molar-refractivity contribution in [3.63, 3.8) is 0 Å². The molecule has 0 saturated carbocycles. The minimum atomic E-state index is 0.257. The molecule has 3 heteroatoms. The molecular formula is C15H32N2O. The van der Waals surface area contributed by atoms with Crippen LogP contribution in [0.1, 0.15) is 52.4 Å². The predicted molar refractivity (Wildman–Crippen MR) is 77.9 cm³/mol. The van der Waals surface area contributed by atoms with Crippen molar-refractivity contribution in [2.45, 2.75) is 58.4 Å². The second-order valence-electron chi connectivity index (χ2n) is 5.72. The molecule has 3 nitrogen and oxygen atoms in total. The number of aliphatic hydroxyl groups excluding tert-OH is 1. The Kier molecular flexibility index (Phi) is 8.64. The summed E-state index contributed by atoms with van der Waals surface area (Å²) in [5, 5.41) is 12.8. The number of rotatable bonds is 8. The minimum absolute atomic E-state index is 0.257. The van der Waals surface area contributed by atoms with Crippen LogP contribution in [0, 0.1) is 5.92 Å². The molecule has 1 fully saturated rings. The second-order valence-corrected chi connectivity index (χ2v) is 5.72. The number of hydrogen-bond donors (Lipinski definition) is 2. The highest BCUT2D eigenvalue weighted by molar-refractivity contribution is 4.75. The molecule has 2 unspecified atom stereocenters. The molecule has 0 aromatic heterocycles. The van der Waals surface area contributed by atoms with Gasteiger partial charge in [0, 0.05) is 12.6 Å². The maximum Gasteiger partial charge on any atom is 0.0597 e. The summed E-state index contributed by atoms with van der Waals surface area (Å²) in [6, 6.07) is 0.257. The van der Waals surface area contributed by atoms with Gasteiger partial charge >= 0.3 is 0 Å². The highest BCUT2D eigenvalue weighted by atomic mass is 16.3. The highest BCUT2D eigenvalue weighted by Crippen LogP contribution is 2.21. The van der Waals surface area contributed by atoms with Crippen LogP contribution in [0.4, 0.5) is 0 Å². The highest BCUT2D eigenvalue weighted by Gasteiger charge is 2.18. The maximum atomic E-state index is 9.40. The Hall–Kier alpha value is -0.120. The molecule has 1 saturated heterocycles. The Morgan fingerprint density at radius 2 is 2.06 bits per heavy atom. The Balaban J connectivity index is 2.28. The predicted octanol–water partition coefficient (Wildman–Crippen LogP) is 2.25. The van der Waals surface area contributed by atoms with Gasteiger partial charge in [-0.2, -0.15) is 0 Å². The van der Waals surface area contributed by atoms with Crippen LogP contribution in [-0.2, 0) is 0 Å². The summed E-state index contributed by atoms with van der Waals surface area (Å²) < 4.78 is 0. The van der Waals surface area contributed by atoms with E-state index in [-0.39, 0.29) is 12.6 Å². The summed E-state index contributed by atoms with van der Waals surface area (Å²) >= 11 is 0. The van der Waals surface area contributed by atoms with Crippen LogP contribution in [0.15, 0.2) is 0 Å². The molecule has 1 heterocycles. The number of likely N-dealkylation sites (tertiary alicyclic amines) is 1. The fourth-order valence-corrected chi connectivity index (χ4v) is 2.95. The van der Waals surface area contributed by atoms with Gasteiger partial charge in [0.25, 0.3) is 0 Å². The van der Waals surface area contributed by atoms with Crippen LogP contribution in [0.2, 0.25) is 0 Å². The molecule has 2 N–H and O–H groups in total. The van der Waals surface area contributed by atoms with Gasteiger partial charge in [-0.05, 0) is 51.2 Å². The average Bonchev–Trinajstić information content (AvgIpc) is 2.60. The lowest BCUT2D eigenvalue weighted by molar-refractivity contribution is 0.183. The van der Waals surface area contributed by atoms with E-state index in [1.54, 1.807) is 0 Å². The first-order chi connectivity index (χ1) is 8.80. The number of hydrogen-bond acceptors (Lipinski definition) is 3. The van der Waals surface area contributed by atoms with Gasteiger partial charge in [0.2, 0.25) is 0 Å². The lowest BCUT2D eigenvalue weighted by Gasteiger charge is -2.26. The minimum Gasteiger partial charge on any atom is -0.395 e. The van der Waals surface area contributed by atoms with Gasteiger partial charge in [-0.25, -0.2) is 0 Å². The zero-order valence-corrected chi connectivity index (χ0v) is 12.3. The number of nitrogens with zero attached hydrogens (tertiary/aromatic N) is 1. The maximum absolute atomic E-state index is 9.40. The SMILES string of the molecule is CCCNC(CO)CN1CCCC(CCC)CC1. The quantitative estimate of drug-likeness (QED) is 0.699. The van der Waals surface area contributed by atoms with Crippen LogP contribution in [0.25, 0.3) is 0 Å². The molecule has 1 aliphatic rings. The zero-order chi connectivity index (χ0) is 13.2. The lowest BCUT2D eigenvalue weighted by Crippen LogP contribution is -2.44. The van der Waals surface area contributed by atoms with Crippen molar-refractivity contribution in [1.82, 2.24) is 10.2 Å². The van der Waals surface area contributed by atoms with E-state index in [0.717, 1.165) is 25.4 Å². The first kappa shape index (κ1) is 15.9. The smallest absolute Gasteiger partial charge is 0.0597 e. The molecule has 0 radical (unpaired) electrons. The summed E-state index contributed by atoms with van der Waals surface area (Å²) in [5.74, 6) is 0.941.